The zero-order chi connectivity index (χ0) is 16.6. The highest BCUT2D eigenvalue weighted by atomic mass is 79.9. The van der Waals surface area contributed by atoms with E-state index in [4.69, 9.17) is 28.6 Å². The molecule has 0 saturated heterocycles. The molecule has 3 aromatic rings. The highest BCUT2D eigenvalue weighted by Gasteiger charge is 2.14. The Bertz CT molecular complexity index is 962. The Kier molecular flexibility index (Phi) is 5.91. The third-order valence-corrected chi connectivity index (χ3v) is 4.57. The van der Waals surface area contributed by atoms with Crippen LogP contribution in [0.15, 0.2) is 42.5 Å². The lowest BCUT2D eigenvalue weighted by molar-refractivity contribution is -0.0000126. The fourth-order valence-electron chi connectivity index (χ4n) is 2.68. The molecule has 0 unspecified atom stereocenters. The van der Waals surface area contributed by atoms with Crippen molar-refractivity contribution in [1.82, 2.24) is 9.13 Å². The summed E-state index contributed by atoms with van der Waals surface area (Å²) in [6, 6.07) is 12.5. The van der Waals surface area contributed by atoms with E-state index in [9.17, 15) is 4.79 Å². The molecule has 0 aliphatic carbocycles. The Hall–Kier alpha value is -1.56. The van der Waals surface area contributed by atoms with E-state index in [2.05, 4.69) is 0 Å². The first-order valence-electron chi connectivity index (χ1n) is 7.24. The summed E-state index contributed by atoms with van der Waals surface area (Å²) in [6.45, 7) is 2.74. The molecule has 0 amide bonds. The summed E-state index contributed by atoms with van der Waals surface area (Å²) in [5.41, 5.74) is 2.61. The van der Waals surface area contributed by atoms with Gasteiger partial charge in [0.05, 0.1) is 27.6 Å². The number of hydrogen-bond donors (Lipinski definition) is 1. The summed E-state index contributed by atoms with van der Waals surface area (Å²) in [5, 5.41) is 9.10. The number of aromatic nitrogens is 2. The van der Waals surface area contributed by atoms with Crippen molar-refractivity contribution in [2.75, 3.05) is 0 Å². The SMILES string of the molecule is CCn1c(=N)n(CC(=O)c2ccc(Cl)c(Cl)c2)c2ccccc21.[Br-]. The quantitative estimate of drug-likeness (QED) is 0.623. The fourth-order valence-corrected chi connectivity index (χ4v) is 2.98. The van der Waals surface area contributed by atoms with Crippen LogP contribution in [0, 0.1) is 5.41 Å². The van der Waals surface area contributed by atoms with E-state index >= 15 is 0 Å². The molecule has 0 saturated carbocycles. The van der Waals surface area contributed by atoms with Gasteiger partial charge in [-0.15, -0.1) is 0 Å². The summed E-state index contributed by atoms with van der Waals surface area (Å²) < 4.78 is 3.58. The van der Waals surface area contributed by atoms with E-state index in [1.54, 1.807) is 22.8 Å². The summed E-state index contributed by atoms with van der Waals surface area (Å²) >= 11 is 11.9. The van der Waals surface area contributed by atoms with Gasteiger partial charge >= 0.3 is 0 Å². The number of Topliss-reactive ketones (excluding diaryl/α,β-unsaturated/α-hetero) is 1. The van der Waals surface area contributed by atoms with Crippen molar-refractivity contribution >= 4 is 40.0 Å². The Morgan fingerprint density at radius 2 is 1.67 bits per heavy atom. The fraction of sp³-hybridized carbons (Fsp3) is 0.176. The molecule has 4 nitrogen and oxygen atoms in total. The molecule has 2 aromatic carbocycles. The predicted molar refractivity (Wildman–Crippen MR) is 92.2 cm³/mol. The lowest BCUT2D eigenvalue weighted by Crippen LogP contribution is -3.00. The number of rotatable bonds is 4. The zero-order valence-corrected chi connectivity index (χ0v) is 16.0. The van der Waals surface area contributed by atoms with Crippen LogP contribution in [0.5, 0.6) is 0 Å². The second-order valence-electron chi connectivity index (χ2n) is 5.19. The highest BCUT2D eigenvalue weighted by Crippen LogP contribution is 2.23. The van der Waals surface area contributed by atoms with Crippen molar-refractivity contribution in [2.45, 2.75) is 20.0 Å². The van der Waals surface area contributed by atoms with Crippen LogP contribution in [0.25, 0.3) is 11.0 Å². The summed E-state index contributed by atoms with van der Waals surface area (Å²) in [4.78, 5) is 12.6. The number of imidazole rings is 1. The molecule has 0 bridgehead atoms. The first-order chi connectivity index (χ1) is 11.0. The van der Waals surface area contributed by atoms with Gasteiger partial charge in [-0.05, 0) is 37.3 Å². The normalized spacial score (nSPS) is 10.6. The molecule has 1 heterocycles. The van der Waals surface area contributed by atoms with E-state index in [1.807, 2.05) is 35.8 Å². The molecule has 1 N–H and O–H groups in total. The van der Waals surface area contributed by atoms with Gasteiger partial charge in [0, 0.05) is 12.1 Å². The maximum atomic E-state index is 12.6. The summed E-state index contributed by atoms with van der Waals surface area (Å²) in [5.74, 6) is -0.110. The van der Waals surface area contributed by atoms with Gasteiger partial charge in [-0.3, -0.25) is 10.2 Å². The Labute approximate surface area is 159 Å². The van der Waals surface area contributed by atoms with Crippen molar-refractivity contribution in [3.8, 4) is 0 Å². The van der Waals surface area contributed by atoms with Crippen LogP contribution in [-0.2, 0) is 13.1 Å². The third kappa shape index (κ3) is 3.29. The number of carbonyl (C=O) groups is 1. The Morgan fingerprint density at radius 3 is 2.25 bits per heavy atom. The Morgan fingerprint density at radius 1 is 1.04 bits per heavy atom. The molecular weight excluding hydrogens is 413 g/mol. The zero-order valence-electron chi connectivity index (χ0n) is 12.9. The number of fused-ring (bicyclic) bond motifs is 1. The minimum absolute atomic E-state index is 0. The van der Waals surface area contributed by atoms with Crippen molar-refractivity contribution in [3.05, 3.63) is 63.7 Å². The molecule has 0 aliphatic heterocycles. The van der Waals surface area contributed by atoms with E-state index in [0.717, 1.165) is 11.0 Å². The molecule has 7 heteroatoms. The van der Waals surface area contributed by atoms with Gasteiger partial charge in [0.25, 0.3) is 0 Å². The van der Waals surface area contributed by atoms with Gasteiger partial charge in [-0.1, -0.05) is 35.3 Å². The van der Waals surface area contributed by atoms with Crippen molar-refractivity contribution < 1.29 is 21.8 Å². The van der Waals surface area contributed by atoms with Gasteiger partial charge in [-0.2, -0.15) is 0 Å². The highest BCUT2D eigenvalue weighted by molar-refractivity contribution is 6.42. The number of aryl methyl sites for hydroxylation is 1. The van der Waals surface area contributed by atoms with Crippen LogP contribution in [0.4, 0.5) is 0 Å². The first kappa shape index (κ1) is 18.8. The van der Waals surface area contributed by atoms with Gasteiger partial charge in [-0.25, -0.2) is 0 Å². The first-order valence-corrected chi connectivity index (χ1v) is 7.99. The lowest BCUT2D eigenvalue weighted by atomic mass is 10.1. The molecule has 0 atom stereocenters. The number of hydrogen-bond acceptors (Lipinski definition) is 2. The van der Waals surface area contributed by atoms with E-state index in [-0.39, 0.29) is 29.3 Å². The van der Waals surface area contributed by atoms with Gasteiger partial charge < -0.3 is 26.1 Å². The number of nitrogens with zero attached hydrogens (tertiary/aromatic N) is 2. The van der Waals surface area contributed by atoms with Gasteiger partial charge in [0.15, 0.2) is 5.78 Å². The lowest BCUT2D eigenvalue weighted by Gasteiger charge is -2.05. The minimum atomic E-state index is -0.110. The van der Waals surface area contributed by atoms with Gasteiger partial charge in [0.2, 0.25) is 5.62 Å². The van der Waals surface area contributed by atoms with Gasteiger partial charge in [0.1, 0.15) is 0 Å². The van der Waals surface area contributed by atoms with Crippen LogP contribution >= 0.6 is 23.2 Å². The van der Waals surface area contributed by atoms with E-state index < -0.39 is 0 Å². The van der Waals surface area contributed by atoms with Crippen LogP contribution in [0.2, 0.25) is 10.0 Å². The third-order valence-electron chi connectivity index (χ3n) is 3.83. The smallest absolute Gasteiger partial charge is 0.203 e. The molecule has 0 fully saturated rings. The predicted octanol–water partition coefficient (Wildman–Crippen LogP) is 1.14. The molecule has 0 spiro atoms. The topological polar surface area (TPSA) is 50.8 Å². The van der Waals surface area contributed by atoms with Crippen LogP contribution < -0.4 is 22.6 Å². The molecular formula is C17H15BrCl2N3O-. The maximum Gasteiger partial charge on any atom is 0.203 e. The molecule has 0 radical (unpaired) electrons. The van der Waals surface area contributed by atoms with Crippen LogP contribution in [-0.4, -0.2) is 14.9 Å². The van der Waals surface area contributed by atoms with E-state index in [0.29, 0.717) is 27.8 Å². The number of benzene rings is 2. The van der Waals surface area contributed by atoms with Crippen LogP contribution in [0.3, 0.4) is 0 Å². The molecule has 3 rings (SSSR count). The van der Waals surface area contributed by atoms with Crippen molar-refractivity contribution in [3.63, 3.8) is 0 Å². The minimum Gasteiger partial charge on any atom is -1.00 e. The standard InChI is InChI=1S/C17H15Cl2N3O.BrH/c1-2-21-14-5-3-4-6-15(14)22(17(21)20)10-16(23)11-7-8-12(18)13(19)9-11;/h3-9,20H,2,10H2,1H3;1H/p-1. The molecule has 24 heavy (non-hydrogen) atoms. The van der Waals surface area contributed by atoms with Crippen molar-refractivity contribution in [2.24, 2.45) is 0 Å². The number of halogens is 3. The number of ketones is 1. The average Bonchev–Trinajstić information content (AvgIpc) is 2.82. The second-order valence-corrected chi connectivity index (χ2v) is 6.01. The largest absolute Gasteiger partial charge is 1.00 e. The Balaban J connectivity index is 0.00000208. The summed E-state index contributed by atoms with van der Waals surface area (Å²) in [6.07, 6.45) is 0. The monoisotopic (exact) mass is 426 g/mol. The second kappa shape index (κ2) is 7.55. The number of carbonyl (C=O) groups excluding carboxylic acids is 1. The molecule has 0 aliphatic rings. The maximum absolute atomic E-state index is 12.6. The van der Waals surface area contributed by atoms with Crippen molar-refractivity contribution in [1.29, 1.82) is 5.41 Å². The number of para-hydroxylation sites is 2. The summed E-state index contributed by atoms with van der Waals surface area (Å²) in [7, 11) is 0. The number of nitrogens with one attached hydrogen (secondary N) is 1. The molecule has 1 aromatic heterocycles. The van der Waals surface area contributed by atoms with Crippen LogP contribution in [0.1, 0.15) is 17.3 Å². The van der Waals surface area contributed by atoms with E-state index in [1.165, 1.54) is 0 Å². The molecule has 126 valence electrons. The average molecular weight is 428 g/mol.